The highest BCUT2D eigenvalue weighted by molar-refractivity contribution is 7.99. The Hall–Kier alpha value is -2.06. The van der Waals surface area contributed by atoms with Crippen molar-refractivity contribution in [2.45, 2.75) is 25.0 Å². The first kappa shape index (κ1) is 19.3. The van der Waals surface area contributed by atoms with Crippen LogP contribution in [0.1, 0.15) is 13.3 Å². The van der Waals surface area contributed by atoms with E-state index in [0.717, 1.165) is 18.2 Å². The second kappa shape index (κ2) is 8.87. The van der Waals surface area contributed by atoms with Crippen molar-refractivity contribution in [2.24, 2.45) is 0 Å². The number of ether oxygens (including phenoxy) is 1. The number of nitrogens with zero attached hydrogens (tertiary/aromatic N) is 2. The lowest BCUT2D eigenvalue weighted by atomic mass is 10.2. The van der Waals surface area contributed by atoms with Crippen molar-refractivity contribution in [3.63, 3.8) is 0 Å². The summed E-state index contributed by atoms with van der Waals surface area (Å²) in [7, 11) is 1.25. The van der Waals surface area contributed by atoms with E-state index < -0.39 is 5.97 Å². The molecule has 0 aliphatic rings. The minimum Gasteiger partial charge on any atom is -0.468 e. The first-order valence-corrected chi connectivity index (χ1v) is 8.99. The quantitative estimate of drug-likeness (QED) is 0.445. The molecule has 0 radical (unpaired) electrons. The molecule has 0 atom stereocenters. The highest BCUT2D eigenvalue weighted by Crippen LogP contribution is 2.20. The predicted molar refractivity (Wildman–Crippen MR) is 97.1 cm³/mol. The number of nitrogens with one attached hydrogen (secondary N) is 1. The number of amides is 1. The van der Waals surface area contributed by atoms with Crippen molar-refractivity contribution >= 4 is 46.1 Å². The second-order valence-electron chi connectivity index (χ2n) is 5.15. The summed E-state index contributed by atoms with van der Waals surface area (Å²) in [5.74, 6) is -0.849. The number of thioether (sulfide) groups is 1. The summed E-state index contributed by atoms with van der Waals surface area (Å²) >= 11 is 7.11. The van der Waals surface area contributed by atoms with Crippen LogP contribution >= 0.6 is 23.4 Å². The molecule has 0 aliphatic heterocycles. The SMILES string of the molecule is CCCn1c(SCC(=O)NCC(=O)OC)nc2cc(Cl)ccc2c1=O. The zero-order valence-electron chi connectivity index (χ0n) is 13.9. The molecule has 0 fully saturated rings. The molecule has 1 aromatic carbocycles. The van der Waals surface area contributed by atoms with Gasteiger partial charge in [-0.15, -0.1) is 0 Å². The van der Waals surface area contributed by atoms with Gasteiger partial charge in [-0.05, 0) is 24.6 Å². The summed E-state index contributed by atoms with van der Waals surface area (Å²) in [5, 5.41) is 3.85. The first-order valence-electron chi connectivity index (χ1n) is 7.62. The number of carbonyl (C=O) groups excluding carboxylic acids is 2. The lowest BCUT2D eigenvalue weighted by molar-refractivity contribution is -0.140. The van der Waals surface area contributed by atoms with Crippen molar-refractivity contribution in [3.05, 3.63) is 33.6 Å². The van der Waals surface area contributed by atoms with Gasteiger partial charge in [0, 0.05) is 11.6 Å². The predicted octanol–water partition coefficient (Wildman–Crippen LogP) is 1.84. The second-order valence-corrected chi connectivity index (χ2v) is 6.53. The van der Waals surface area contributed by atoms with Crippen molar-refractivity contribution in [3.8, 4) is 0 Å². The van der Waals surface area contributed by atoms with E-state index in [4.69, 9.17) is 11.6 Å². The summed E-state index contributed by atoms with van der Waals surface area (Å²) in [6.45, 7) is 2.25. The maximum Gasteiger partial charge on any atom is 0.325 e. The largest absolute Gasteiger partial charge is 0.468 e. The Bertz CT molecular complexity index is 853. The van der Waals surface area contributed by atoms with Crippen molar-refractivity contribution in [1.82, 2.24) is 14.9 Å². The number of benzene rings is 1. The van der Waals surface area contributed by atoms with E-state index in [1.165, 1.54) is 7.11 Å². The standard InChI is InChI=1S/C16H18ClN3O4S/c1-3-6-20-15(23)11-5-4-10(17)7-12(11)19-16(20)25-9-13(21)18-8-14(22)24-2/h4-5,7H,3,6,8-9H2,1-2H3,(H,18,21). The number of hydrogen-bond acceptors (Lipinski definition) is 6. The molecule has 25 heavy (non-hydrogen) atoms. The molecule has 0 bridgehead atoms. The molecule has 0 aliphatic carbocycles. The van der Waals surface area contributed by atoms with E-state index in [2.05, 4.69) is 15.0 Å². The summed E-state index contributed by atoms with van der Waals surface area (Å²) in [6.07, 6.45) is 0.753. The minimum atomic E-state index is -0.528. The molecule has 1 N–H and O–H groups in total. The Kier molecular flexibility index (Phi) is 6.83. The molecule has 1 aromatic heterocycles. The van der Waals surface area contributed by atoms with Gasteiger partial charge in [0.25, 0.3) is 5.56 Å². The van der Waals surface area contributed by atoms with Gasteiger partial charge in [-0.25, -0.2) is 4.98 Å². The lowest BCUT2D eigenvalue weighted by Gasteiger charge is -2.12. The number of hydrogen-bond donors (Lipinski definition) is 1. The van der Waals surface area contributed by atoms with Crippen LogP contribution in [0.2, 0.25) is 5.02 Å². The Morgan fingerprint density at radius 2 is 2.16 bits per heavy atom. The number of rotatable bonds is 7. The van der Waals surface area contributed by atoms with Crippen LogP contribution in [0.15, 0.2) is 28.2 Å². The van der Waals surface area contributed by atoms with E-state index in [0.29, 0.717) is 27.6 Å². The van der Waals surface area contributed by atoms with Gasteiger partial charge in [0.1, 0.15) is 6.54 Å². The number of methoxy groups -OCH3 is 1. The zero-order chi connectivity index (χ0) is 18.4. The number of aromatic nitrogens is 2. The molecule has 1 amide bonds. The molecular weight excluding hydrogens is 366 g/mol. The molecular formula is C16H18ClN3O4S. The Labute approximate surface area is 153 Å². The average Bonchev–Trinajstić information content (AvgIpc) is 2.60. The number of halogens is 1. The zero-order valence-corrected chi connectivity index (χ0v) is 15.4. The molecule has 7 nitrogen and oxygen atoms in total. The van der Waals surface area contributed by atoms with Gasteiger partial charge in [-0.1, -0.05) is 30.3 Å². The monoisotopic (exact) mass is 383 g/mol. The molecule has 0 spiro atoms. The van der Waals surface area contributed by atoms with Crippen LogP contribution in [0.25, 0.3) is 10.9 Å². The van der Waals surface area contributed by atoms with Crippen LogP contribution in [0.5, 0.6) is 0 Å². The van der Waals surface area contributed by atoms with Crippen LogP contribution in [0.3, 0.4) is 0 Å². The van der Waals surface area contributed by atoms with Crippen LogP contribution in [0.4, 0.5) is 0 Å². The third-order valence-electron chi connectivity index (χ3n) is 3.32. The van der Waals surface area contributed by atoms with Crippen molar-refractivity contribution in [2.75, 3.05) is 19.4 Å². The highest BCUT2D eigenvalue weighted by atomic mass is 35.5. The molecule has 2 aromatic rings. The van der Waals surface area contributed by atoms with Crippen LogP contribution < -0.4 is 10.9 Å². The first-order chi connectivity index (χ1) is 12.0. The van der Waals surface area contributed by atoms with Gasteiger partial charge < -0.3 is 10.1 Å². The Morgan fingerprint density at radius 3 is 2.84 bits per heavy atom. The van der Waals surface area contributed by atoms with Gasteiger partial charge in [0.15, 0.2) is 5.16 Å². The van der Waals surface area contributed by atoms with Crippen molar-refractivity contribution < 1.29 is 14.3 Å². The van der Waals surface area contributed by atoms with E-state index >= 15 is 0 Å². The third kappa shape index (κ3) is 4.96. The minimum absolute atomic E-state index is 0.0270. The van der Waals surface area contributed by atoms with E-state index in [9.17, 15) is 14.4 Å². The van der Waals surface area contributed by atoms with E-state index in [1.807, 2.05) is 6.92 Å². The van der Waals surface area contributed by atoms with Crippen molar-refractivity contribution in [1.29, 1.82) is 0 Å². The summed E-state index contributed by atoms with van der Waals surface area (Å²) in [4.78, 5) is 40.0. The molecule has 134 valence electrons. The molecule has 9 heteroatoms. The summed E-state index contributed by atoms with van der Waals surface area (Å²) in [5.41, 5.74) is 0.323. The number of carbonyl (C=O) groups is 2. The maximum absolute atomic E-state index is 12.7. The van der Waals surface area contributed by atoms with Gasteiger partial charge in [-0.3, -0.25) is 19.0 Å². The fourth-order valence-corrected chi connectivity index (χ4v) is 3.15. The molecule has 0 saturated carbocycles. The van der Waals surface area contributed by atoms with Crippen LogP contribution in [-0.4, -0.2) is 40.8 Å². The summed E-state index contributed by atoms with van der Waals surface area (Å²) < 4.78 is 6.01. The molecule has 0 saturated heterocycles. The highest BCUT2D eigenvalue weighted by Gasteiger charge is 2.13. The van der Waals surface area contributed by atoms with E-state index in [1.54, 1.807) is 22.8 Å². The van der Waals surface area contributed by atoms with Crippen LogP contribution in [0, 0.1) is 0 Å². The fraction of sp³-hybridized carbons (Fsp3) is 0.375. The lowest BCUT2D eigenvalue weighted by Crippen LogP contribution is -2.31. The average molecular weight is 384 g/mol. The maximum atomic E-state index is 12.7. The normalized spacial score (nSPS) is 10.7. The topological polar surface area (TPSA) is 90.3 Å². The van der Waals surface area contributed by atoms with Crippen LogP contribution in [-0.2, 0) is 20.9 Å². The molecule has 1 heterocycles. The number of esters is 1. The fourth-order valence-electron chi connectivity index (χ4n) is 2.13. The Morgan fingerprint density at radius 1 is 1.40 bits per heavy atom. The van der Waals surface area contributed by atoms with Gasteiger partial charge in [0.05, 0.1) is 23.8 Å². The smallest absolute Gasteiger partial charge is 0.325 e. The third-order valence-corrected chi connectivity index (χ3v) is 4.53. The molecule has 2 rings (SSSR count). The van der Waals surface area contributed by atoms with E-state index in [-0.39, 0.29) is 23.8 Å². The summed E-state index contributed by atoms with van der Waals surface area (Å²) in [6, 6.07) is 4.92. The van der Waals surface area contributed by atoms with Gasteiger partial charge in [0.2, 0.25) is 5.91 Å². The van der Waals surface area contributed by atoms with Gasteiger partial charge in [-0.2, -0.15) is 0 Å². The number of fused-ring (bicyclic) bond motifs is 1. The Balaban J connectivity index is 2.23. The van der Waals surface area contributed by atoms with Gasteiger partial charge >= 0.3 is 5.97 Å². The molecule has 0 unspecified atom stereocenters.